The molecule has 0 spiro atoms. The number of ether oxygens (including phenoxy) is 2. The van der Waals surface area contributed by atoms with Crippen molar-refractivity contribution in [1.82, 2.24) is 0 Å². The minimum atomic E-state index is -0.0714. The Morgan fingerprint density at radius 2 is 2.06 bits per heavy atom. The lowest BCUT2D eigenvalue weighted by molar-refractivity contribution is 0.264. The quantitative estimate of drug-likeness (QED) is 0.777. The molecule has 1 aromatic rings. The second kappa shape index (κ2) is 5.56. The van der Waals surface area contributed by atoms with Crippen molar-refractivity contribution in [3.05, 3.63) is 36.4 Å². The van der Waals surface area contributed by atoms with Gasteiger partial charge in [0, 0.05) is 17.7 Å². The minimum absolute atomic E-state index is 0.0513. The van der Waals surface area contributed by atoms with Crippen LogP contribution in [0.25, 0.3) is 0 Å². The minimum Gasteiger partial charge on any atom is -0.497 e. The molecule has 2 N–H and O–H groups in total. The molecule has 16 heavy (non-hydrogen) atoms. The maximum absolute atomic E-state index is 5.88. The maximum Gasteiger partial charge on any atom is 0.128 e. The third-order valence-corrected chi connectivity index (χ3v) is 2.36. The predicted molar refractivity (Wildman–Crippen MR) is 65.9 cm³/mol. The van der Waals surface area contributed by atoms with Crippen LogP contribution < -0.4 is 15.2 Å². The standard InChI is InChI=1S/C13H19NO2/c1-5-9(2)16-13-8-11(15-4)6-7-12(13)10(3)14/h5-10H,1,14H2,2-4H3. The van der Waals surface area contributed by atoms with Gasteiger partial charge in [-0.25, -0.2) is 0 Å². The SMILES string of the molecule is C=CC(C)Oc1cc(OC)ccc1C(C)N. The Hall–Kier alpha value is -1.48. The first-order valence-electron chi connectivity index (χ1n) is 5.31. The van der Waals surface area contributed by atoms with Gasteiger partial charge >= 0.3 is 0 Å². The van der Waals surface area contributed by atoms with Crippen molar-refractivity contribution in [3.63, 3.8) is 0 Å². The lowest BCUT2D eigenvalue weighted by Gasteiger charge is -2.17. The summed E-state index contributed by atoms with van der Waals surface area (Å²) in [5, 5.41) is 0. The van der Waals surface area contributed by atoms with Gasteiger partial charge < -0.3 is 15.2 Å². The van der Waals surface area contributed by atoms with E-state index < -0.39 is 0 Å². The van der Waals surface area contributed by atoms with E-state index in [1.807, 2.05) is 32.0 Å². The van der Waals surface area contributed by atoms with Gasteiger partial charge in [-0.15, -0.1) is 0 Å². The molecule has 0 heterocycles. The molecule has 0 aromatic heterocycles. The van der Waals surface area contributed by atoms with Gasteiger partial charge in [0.15, 0.2) is 0 Å². The molecule has 0 amide bonds. The summed E-state index contributed by atoms with van der Waals surface area (Å²) >= 11 is 0. The summed E-state index contributed by atoms with van der Waals surface area (Å²) in [5.41, 5.74) is 6.84. The molecule has 1 aromatic carbocycles. The molecule has 0 aliphatic rings. The summed E-state index contributed by atoms with van der Waals surface area (Å²) in [6, 6.07) is 5.58. The molecule has 0 aliphatic heterocycles. The van der Waals surface area contributed by atoms with Crippen LogP contribution in [0.15, 0.2) is 30.9 Å². The van der Waals surface area contributed by atoms with Gasteiger partial charge in [-0.1, -0.05) is 18.7 Å². The van der Waals surface area contributed by atoms with Crippen molar-refractivity contribution in [2.45, 2.75) is 26.0 Å². The summed E-state index contributed by atoms with van der Waals surface area (Å²) in [4.78, 5) is 0. The Labute approximate surface area is 96.9 Å². The number of rotatable bonds is 5. The number of hydrogen-bond acceptors (Lipinski definition) is 3. The fourth-order valence-electron chi connectivity index (χ4n) is 1.37. The number of methoxy groups -OCH3 is 1. The molecule has 0 saturated heterocycles. The summed E-state index contributed by atoms with van der Waals surface area (Å²) in [7, 11) is 1.63. The van der Waals surface area contributed by atoms with E-state index in [2.05, 4.69) is 6.58 Å². The highest BCUT2D eigenvalue weighted by Crippen LogP contribution is 2.29. The van der Waals surface area contributed by atoms with Crippen LogP contribution in [0.2, 0.25) is 0 Å². The third-order valence-electron chi connectivity index (χ3n) is 2.36. The summed E-state index contributed by atoms with van der Waals surface area (Å²) in [6.45, 7) is 7.54. The zero-order chi connectivity index (χ0) is 12.1. The van der Waals surface area contributed by atoms with Crippen LogP contribution in [0, 0.1) is 0 Å². The molecule has 88 valence electrons. The summed E-state index contributed by atoms with van der Waals surface area (Å²) in [5.74, 6) is 1.51. The van der Waals surface area contributed by atoms with Gasteiger partial charge in [-0.3, -0.25) is 0 Å². The molecule has 3 nitrogen and oxygen atoms in total. The second-order valence-electron chi connectivity index (χ2n) is 3.75. The molecule has 1 rings (SSSR count). The van der Waals surface area contributed by atoms with E-state index in [-0.39, 0.29) is 12.1 Å². The fraction of sp³-hybridized carbons (Fsp3) is 0.385. The van der Waals surface area contributed by atoms with Gasteiger partial charge in [0.05, 0.1) is 7.11 Å². The first-order valence-corrected chi connectivity index (χ1v) is 5.31. The second-order valence-corrected chi connectivity index (χ2v) is 3.75. The Balaban J connectivity index is 3.04. The Bertz CT molecular complexity index is 361. The zero-order valence-electron chi connectivity index (χ0n) is 10.1. The van der Waals surface area contributed by atoms with Crippen LogP contribution in [0.1, 0.15) is 25.5 Å². The first-order chi connectivity index (χ1) is 7.58. The average Bonchev–Trinajstić information content (AvgIpc) is 2.28. The lowest BCUT2D eigenvalue weighted by atomic mass is 10.1. The third kappa shape index (κ3) is 3.00. The van der Waals surface area contributed by atoms with E-state index in [4.69, 9.17) is 15.2 Å². The van der Waals surface area contributed by atoms with E-state index in [0.29, 0.717) is 0 Å². The molecule has 0 saturated carbocycles. The first kappa shape index (κ1) is 12.6. The van der Waals surface area contributed by atoms with Crippen molar-refractivity contribution in [2.24, 2.45) is 5.73 Å². The highest BCUT2D eigenvalue weighted by atomic mass is 16.5. The van der Waals surface area contributed by atoms with Crippen molar-refractivity contribution >= 4 is 0 Å². The molecule has 2 atom stereocenters. The molecular weight excluding hydrogens is 202 g/mol. The van der Waals surface area contributed by atoms with E-state index in [9.17, 15) is 0 Å². The Morgan fingerprint density at radius 3 is 2.56 bits per heavy atom. The van der Waals surface area contributed by atoms with Gasteiger partial charge in [-0.2, -0.15) is 0 Å². The molecule has 0 aliphatic carbocycles. The van der Waals surface area contributed by atoms with E-state index in [0.717, 1.165) is 17.1 Å². The van der Waals surface area contributed by atoms with Crippen molar-refractivity contribution in [1.29, 1.82) is 0 Å². The molecule has 0 radical (unpaired) electrons. The van der Waals surface area contributed by atoms with Crippen LogP contribution in [0.5, 0.6) is 11.5 Å². The number of benzene rings is 1. The van der Waals surface area contributed by atoms with Crippen molar-refractivity contribution in [2.75, 3.05) is 7.11 Å². The van der Waals surface area contributed by atoms with E-state index in [1.54, 1.807) is 13.2 Å². The largest absolute Gasteiger partial charge is 0.497 e. The Kier molecular flexibility index (Phi) is 4.38. The zero-order valence-corrected chi connectivity index (χ0v) is 10.1. The highest BCUT2D eigenvalue weighted by molar-refractivity contribution is 5.42. The topological polar surface area (TPSA) is 44.5 Å². The van der Waals surface area contributed by atoms with Gasteiger partial charge in [0.1, 0.15) is 17.6 Å². The van der Waals surface area contributed by atoms with Crippen LogP contribution in [0.4, 0.5) is 0 Å². The average molecular weight is 221 g/mol. The normalized spacial score (nSPS) is 14.0. The Morgan fingerprint density at radius 1 is 1.38 bits per heavy atom. The van der Waals surface area contributed by atoms with Gasteiger partial charge in [0.2, 0.25) is 0 Å². The summed E-state index contributed by atoms with van der Waals surface area (Å²) < 4.78 is 10.9. The fourth-order valence-corrected chi connectivity index (χ4v) is 1.37. The maximum atomic E-state index is 5.88. The van der Waals surface area contributed by atoms with Crippen LogP contribution >= 0.6 is 0 Å². The highest BCUT2D eigenvalue weighted by Gasteiger charge is 2.11. The van der Waals surface area contributed by atoms with E-state index >= 15 is 0 Å². The van der Waals surface area contributed by atoms with Gasteiger partial charge in [-0.05, 0) is 19.9 Å². The summed E-state index contributed by atoms with van der Waals surface area (Å²) in [6.07, 6.45) is 1.69. The molecule has 0 fully saturated rings. The molecule has 3 heteroatoms. The van der Waals surface area contributed by atoms with Crippen LogP contribution in [0.3, 0.4) is 0 Å². The van der Waals surface area contributed by atoms with Gasteiger partial charge in [0.25, 0.3) is 0 Å². The number of nitrogens with two attached hydrogens (primary N) is 1. The molecule has 2 unspecified atom stereocenters. The van der Waals surface area contributed by atoms with Crippen molar-refractivity contribution in [3.8, 4) is 11.5 Å². The predicted octanol–water partition coefficient (Wildman–Crippen LogP) is 2.67. The molecular formula is C13H19NO2. The van der Waals surface area contributed by atoms with E-state index in [1.165, 1.54) is 0 Å². The van der Waals surface area contributed by atoms with Crippen LogP contribution in [-0.2, 0) is 0 Å². The number of hydrogen-bond donors (Lipinski definition) is 1. The van der Waals surface area contributed by atoms with Crippen LogP contribution in [-0.4, -0.2) is 13.2 Å². The van der Waals surface area contributed by atoms with Crippen molar-refractivity contribution < 1.29 is 9.47 Å². The lowest BCUT2D eigenvalue weighted by Crippen LogP contribution is -2.13. The smallest absolute Gasteiger partial charge is 0.128 e. The monoisotopic (exact) mass is 221 g/mol. The molecule has 0 bridgehead atoms.